The Hall–Kier alpha value is -9.91. The average molecular weight is 1880 g/mol. The maximum atomic E-state index is 15.2. The number of primary amides is 1. The van der Waals surface area contributed by atoms with Crippen molar-refractivity contribution in [2.45, 2.75) is 208 Å². The van der Waals surface area contributed by atoms with Gasteiger partial charge in [0.25, 0.3) is 0 Å². The molecule has 1 aliphatic carbocycles. The minimum Gasteiger partial charge on any atom is -0.508 e. The molecule has 5 aliphatic rings. The van der Waals surface area contributed by atoms with Crippen LogP contribution in [0, 0.1) is 11.8 Å². The molecule has 33 nitrogen and oxygen atoms in total. The zero-order chi connectivity index (χ0) is 93.6. The number of carbonyl (C=O) groups is 13. The van der Waals surface area contributed by atoms with Crippen LogP contribution in [0.5, 0.6) is 11.5 Å². The fourth-order valence-electron chi connectivity index (χ4n) is 15.1. The number of halogens is 4. The number of alkyl carbamates (subject to hydrolysis) is 1. The van der Waals surface area contributed by atoms with Crippen molar-refractivity contribution in [3.05, 3.63) is 154 Å². The molecule has 0 aromatic heterocycles. The number of carbonyl (C=O) groups excluding carboxylic acids is 13. The largest absolute Gasteiger partial charge is 0.508 e. The highest BCUT2D eigenvalue weighted by Crippen LogP contribution is 2.50. The number of aliphatic hydroxyl groups excluding tert-OH is 1. The number of unbranched alkanes of at least 4 members (excludes halogenated alkanes) is 1. The number of phenols is 1. The van der Waals surface area contributed by atoms with E-state index in [-0.39, 0.29) is 78.8 Å². The molecule has 0 unspecified atom stereocenters. The van der Waals surface area contributed by atoms with Crippen LogP contribution in [0.15, 0.2) is 121 Å². The quantitative estimate of drug-likeness (QED) is 0.0146. The van der Waals surface area contributed by atoms with Gasteiger partial charge in [-0.15, -0.1) is 0 Å². The molecule has 11 amide bonds. The Morgan fingerprint density at radius 1 is 0.844 bits per heavy atom. The molecule has 0 saturated carbocycles. The Kier molecular flexibility index (Phi) is 37.0. The maximum absolute atomic E-state index is 15.2. The van der Waals surface area contributed by atoms with Gasteiger partial charge in [0.1, 0.15) is 82.7 Å². The second-order valence-electron chi connectivity index (χ2n) is 32.3. The van der Waals surface area contributed by atoms with Gasteiger partial charge in [-0.3, -0.25) is 58.1 Å². The van der Waals surface area contributed by atoms with Crippen LogP contribution in [-0.4, -0.2) is 251 Å². The number of likely N-dealkylation sites (N-methyl/N-ethyl adjacent to an activating group) is 1. The molecule has 41 heteroatoms. The summed E-state index contributed by atoms with van der Waals surface area (Å²) in [6, 6.07) is 10.7. The molecule has 0 radical (unpaired) electrons. The molecule has 4 aromatic rings. The lowest BCUT2D eigenvalue weighted by molar-refractivity contribution is -0.174. The number of ether oxygens (including phenoxy) is 5. The third-order valence-electron chi connectivity index (χ3n) is 22.8. The Bertz CT molecular complexity index is 4790. The number of rotatable bonds is 28. The summed E-state index contributed by atoms with van der Waals surface area (Å²) in [5.74, 6) is -16.2. The summed E-state index contributed by atoms with van der Waals surface area (Å²) in [6.45, 7) is 7.90. The van der Waals surface area contributed by atoms with E-state index in [1.165, 1.54) is 88.7 Å². The van der Waals surface area contributed by atoms with Crippen molar-refractivity contribution in [2.75, 3.05) is 62.8 Å². The number of nitrogens with zero attached hydrogens (tertiary/aromatic N) is 2. The van der Waals surface area contributed by atoms with Crippen molar-refractivity contribution in [1.29, 1.82) is 0 Å². The summed E-state index contributed by atoms with van der Waals surface area (Å²) in [6.07, 6.45) is -6.96. The SMILES string of the molecule is COc1cc2cc(c1Cl)N(C)C(=O)C[C@H](OC(=O)[C@H](C)N(C)C(=O)CCSSC[C@@H](NC(=O)[C@@H]1CSSC[C@H](NC(=O)[C@@H](Cc3ccccc3)NC(=O)C(F)(F)F)C(=O)C[C@@H](Cc3ccc(O)cc3)C(=O)N[C@H](CC3=CCc4ccccc43)C(=O)N[C@@H](CCCCN)C(=O)N[C@@H]([C@@H](C)O)C(=O)N1)C(N)=O)[C@]1(C)O[C@H]1[C@H](C)[C@@H]1C[C@@](O)(NC(=O)O1)[C@H](OC)/C=C/C=C(\C)C2. The summed E-state index contributed by atoms with van der Waals surface area (Å²) in [5.41, 5.74) is 13.1. The van der Waals surface area contributed by atoms with Crippen LogP contribution in [0.2, 0.25) is 5.02 Å². The van der Waals surface area contributed by atoms with Gasteiger partial charge >= 0.3 is 24.1 Å². The zero-order valence-corrected chi connectivity index (χ0v) is 76.1. The third-order valence-corrected chi connectivity index (χ3v) is 28.0. The van der Waals surface area contributed by atoms with E-state index in [2.05, 4.69) is 37.2 Å². The van der Waals surface area contributed by atoms with Gasteiger partial charge in [0.2, 0.25) is 53.2 Å². The Balaban J connectivity index is 0.936. The van der Waals surface area contributed by atoms with E-state index in [0.29, 0.717) is 41.5 Å². The van der Waals surface area contributed by atoms with E-state index < -0.39 is 216 Å². The molecule has 3 fully saturated rings. The minimum atomic E-state index is -5.48. The number of nitrogens with one attached hydrogen (secondary N) is 8. The summed E-state index contributed by atoms with van der Waals surface area (Å²) in [7, 11) is 9.23. The number of nitrogens with two attached hydrogens (primary N) is 2. The highest BCUT2D eigenvalue weighted by atomic mass is 35.5. The first kappa shape index (κ1) is 102. The molecule has 4 aliphatic heterocycles. The second-order valence-corrected chi connectivity index (χ2v) is 37.9. The maximum Gasteiger partial charge on any atom is 0.471 e. The molecule has 4 aromatic carbocycles. The molecule has 15 N–H and O–H groups in total. The number of esters is 1. The van der Waals surface area contributed by atoms with Crippen molar-refractivity contribution in [2.24, 2.45) is 23.3 Å². The number of allylic oxidation sites excluding steroid dienone is 4. The van der Waals surface area contributed by atoms with Crippen LogP contribution < -0.4 is 63.6 Å². The van der Waals surface area contributed by atoms with Crippen LogP contribution in [0.1, 0.15) is 114 Å². The number of hydrogen-bond acceptors (Lipinski definition) is 26. The highest BCUT2D eigenvalue weighted by Gasteiger charge is 2.65. The monoisotopic (exact) mass is 1880 g/mol. The number of ketones is 1. The van der Waals surface area contributed by atoms with Crippen LogP contribution in [-0.2, 0) is 102 Å². The van der Waals surface area contributed by atoms with Crippen molar-refractivity contribution in [3.8, 4) is 11.5 Å². The first-order valence-corrected chi connectivity index (χ1v) is 46.8. The van der Waals surface area contributed by atoms with Crippen molar-refractivity contribution < 1.29 is 115 Å². The van der Waals surface area contributed by atoms with Crippen molar-refractivity contribution >= 4 is 143 Å². The number of anilines is 1. The van der Waals surface area contributed by atoms with Gasteiger partial charge in [-0.1, -0.05) is 158 Å². The van der Waals surface area contributed by atoms with E-state index in [1.54, 1.807) is 61.7 Å². The smallest absolute Gasteiger partial charge is 0.471 e. The number of phenolic OH excluding ortho intramolecular Hbond substituents is 1. The van der Waals surface area contributed by atoms with Gasteiger partial charge in [0.05, 0.1) is 37.5 Å². The van der Waals surface area contributed by atoms with E-state index in [4.69, 9.17) is 46.8 Å². The zero-order valence-electron chi connectivity index (χ0n) is 72.0. The number of fused-ring (bicyclic) bond motifs is 6. The van der Waals surface area contributed by atoms with Crippen LogP contribution in [0.25, 0.3) is 5.57 Å². The van der Waals surface area contributed by atoms with E-state index in [9.17, 15) is 76.4 Å². The summed E-state index contributed by atoms with van der Waals surface area (Å²) in [4.78, 5) is 189. The highest BCUT2D eigenvalue weighted by molar-refractivity contribution is 8.77. The van der Waals surface area contributed by atoms with Gasteiger partial charge < -0.3 is 97.5 Å². The molecule has 4 bridgehead atoms. The van der Waals surface area contributed by atoms with Gasteiger partial charge in [-0.25, -0.2) is 9.59 Å². The van der Waals surface area contributed by atoms with Crippen molar-refractivity contribution in [1.82, 2.24) is 47.4 Å². The van der Waals surface area contributed by atoms with E-state index in [0.717, 1.165) is 71.7 Å². The fraction of sp³-hybridized carbons (Fsp3) is 0.506. The molecular weight excluding hydrogens is 1770 g/mol. The van der Waals surface area contributed by atoms with Gasteiger partial charge in [0.15, 0.2) is 11.5 Å². The average Bonchev–Trinajstić information content (AvgIpc) is 1.57. The lowest BCUT2D eigenvalue weighted by atomic mass is 9.83. The molecular formula is C87H110ClF3N12O21S4. The summed E-state index contributed by atoms with van der Waals surface area (Å²) >= 11 is 6.89. The first-order valence-electron chi connectivity index (χ1n) is 41.5. The molecule has 4 heterocycles. The number of benzene rings is 4. The number of amides is 11. The third kappa shape index (κ3) is 27.8. The first-order chi connectivity index (χ1) is 60.6. The lowest BCUT2D eigenvalue weighted by Gasteiger charge is -2.42. The number of Topliss-reactive ketones (excluding diaryl/α,β-unsaturated/α-hetero) is 1. The van der Waals surface area contributed by atoms with Gasteiger partial charge in [-0.2, -0.15) is 13.2 Å². The summed E-state index contributed by atoms with van der Waals surface area (Å²) < 4.78 is 71.8. The molecule has 128 heavy (non-hydrogen) atoms. The lowest BCUT2D eigenvalue weighted by Crippen LogP contribution is -2.63. The molecule has 3 saturated heterocycles. The van der Waals surface area contributed by atoms with Crippen LogP contribution in [0.4, 0.5) is 23.7 Å². The van der Waals surface area contributed by atoms with E-state index in [1.807, 2.05) is 31.2 Å². The second kappa shape index (κ2) is 46.6. The number of aliphatic hydroxyl groups is 2. The van der Waals surface area contributed by atoms with Gasteiger partial charge in [-0.05, 0) is 130 Å². The number of epoxide rings is 1. The molecule has 9 rings (SSSR count). The predicted octanol–water partition coefficient (Wildman–Crippen LogP) is 5.43. The van der Waals surface area contributed by atoms with Crippen LogP contribution in [0.3, 0.4) is 0 Å². The van der Waals surface area contributed by atoms with E-state index >= 15 is 14.4 Å². The number of methoxy groups -OCH3 is 2. The van der Waals surface area contributed by atoms with Gasteiger partial charge in [0, 0.05) is 88.2 Å². The Morgan fingerprint density at radius 3 is 2.21 bits per heavy atom. The number of alkyl halides is 3. The Morgan fingerprint density at radius 2 is 1.53 bits per heavy atom. The molecule has 696 valence electrons. The number of aromatic hydroxyl groups is 1. The standard InChI is InChI=1S/C87H110ClF3N12O21S4/c1-46-18-17-24-68(121-9)86(119)42-67(122-84(118)101-86)47(2)74-85(5,124-74)69(41-71(108)103(7)64-37-52(34-46)38-66(120-8)72(64)88)123-82(116)48(3)102(6)70(107)31-33-125-126-44-62(75(93)109)97-80(114)63-45-128-127-43-61(96-78(112)59(99-83(117)87(89,90)91)36-50-19-11-10-12-20-50)65(106)40-55(35-51-25-29-56(105)30-26-51)76(110)95-60(39-54-28-27-53-21-13-14-22-57(53)54)79(113)94-58(23-15-16-32-92)77(111)100-73(49(4)104)81(115)98-63/h10-14,17-22,24-26,28-30,37-38,47-49,55,58-63,67-69,73-74,104-105,119H,15-16,23,27,31-36,39-45,92H2,1-9H3,(H2,93,109)(H,94,113)(H,95,110)(H,96,112)(H,97,114)(H,98,115)(H,99,117)(H,100,111)(H,101,118)/b24-17+,46-18+/t47-,48+,49-,55-,58+,59-,60-,61+,62-,63+,67+,68-,69+,73+,74+,85+,86+/m1/s1. The molecule has 0 spiro atoms. The Labute approximate surface area is 759 Å². The topological polar surface area (TPSA) is 487 Å². The molecule has 17 atom stereocenters. The fourth-order valence-corrected chi connectivity index (χ4v) is 20.0. The van der Waals surface area contributed by atoms with Crippen LogP contribution >= 0.6 is 54.8 Å². The number of hydrogen-bond donors (Lipinski definition) is 13. The summed E-state index contributed by atoms with van der Waals surface area (Å²) in [5, 5.41) is 53.5. The normalized spacial score (nSPS) is 26.3. The minimum absolute atomic E-state index is 0.0166. The predicted molar refractivity (Wildman–Crippen MR) is 477 cm³/mol. The van der Waals surface area contributed by atoms with Crippen molar-refractivity contribution in [3.63, 3.8) is 0 Å².